The van der Waals surface area contributed by atoms with Crippen molar-refractivity contribution in [3.63, 3.8) is 0 Å². The molecule has 0 radical (unpaired) electrons. The van der Waals surface area contributed by atoms with Gasteiger partial charge in [0.05, 0.1) is 0 Å². The van der Waals surface area contributed by atoms with Crippen LogP contribution in [0, 0.1) is 12.8 Å². The fraction of sp³-hybridized carbons (Fsp3) is 0.444. The smallest absolute Gasteiger partial charge is 0.225 e. The molecule has 2 aromatic rings. The van der Waals surface area contributed by atoms with Crippen molar-refractivity contribution in [2.24, 2.45) is 5.92 Å². The third-order valence-corrected chi connectivity index (χ3v) is 4.30. The third-order valence-electron chi connectivity index (χ3n) is 4.30. The Kier molecular flexibility index (Phi) is 4.37. The largest absolute Gasteiger partial charge is 0.339 e. The molecule has 1 fully saturated rings. The molecule has 5 heteroatoms. The lowest BCUT2D eigenvalue weighted by Crippen LogP contribution is -2.50. The summed E-state index contributed by atoms with van der Waals surface area (Å²) in [5, 5.41) is 0. The predicted molar refractivity (Wildman–Crippen MR) is 91.9 cm³/mol. The highest BCUT2D eigenvalue weighted by Crippen LogP contribution is 2.20. The molecule has 0 atom stereocenters. The fourth-order valence-corrected chi connectivity index (χ4v) is 2.93. The second-order valence-electron chi connectivity index (χ2n) is 6.40. The summed E-state index contributed by atoms with van der Waals surface area (Å²) in [6.07, 6.45) is 3.83. The Hall–Kier alpha value is -2.30. The Balaban J connectivity index is 1.74. The maximum Gasteiger partial charge on any atom is 0.225 e. The number of hydrogen-bond acceptors (Lipinski definition) is 3. The molecule has 1 amide bonds. The lowest BCUT2D eigenvalue weighted by atomic mass is 10.1. The van der Waals surface area contributed by atoms with Crippen LogP contribution in [0.4, 0.5) is 5.95 Å². The molecule has 1 aromatic carbocycles. The summed E-state index contributed by atoms with van der Waals surface area (Å²) in [6, 6.07) is 8.44. The van der Waals surface area contributed by atoms with E-state index in [0.29, 0.717) is 0 Å². The quantitative estimate of drug-likeness (QED) is 0.874. The van der Waals surface area contributed by atoms with Crippen LogP contribution in [0.15, 0.2) is 36.7 Å². The highest BCUT2D eigenvalue weighted by atomic mass is 16.2. The maximum atomic E-state index is 12.1. The van der Waals surface area contributed by atoms with E-state index in [0.717, 1.165) is 37.8 Å². The zero-order chi connectivity index (χ0) is 16.4. The number of piperazine rings is 1. The van der Waals surface area contributed by atoms with Gasteiger partial charge in [0.15, 0.2) is 0 Å². The van der Waals surface area contributed by atoms with Crippen molar-refractivity contribution in [1.82, 2.24) is 14.5 Å². The van der Waals surface area contributed by atoms with E-state index in [-0.39, 0.29) is 11.8 Å². The van der Waals surface area contributed by atoms with Gasteiger partial charge in [-0.3, -0.25) is 9.36 Å². The number of aryl methyl sites for hydroxylation is 1. The van der Waals surface area contributed by atoms with E-state index in [2.05, 4.69) is 45.6 Å². The van der Waals surface area contributed by atoms with Gasteiger partial charge in [0.25, 0.3) is 0 Å². The summed E-state index contributed by atoms with van der Waals surface area (Å²) < 4.78 is 2.11. The van der Waals surface area contributed by atoms with Crippen LogP contribution in [0.2, 0.25) is 0 Å². The Morgan fingerprint density at radius 3 is 2.35 bits per heavy atom. The van der Waals surface area contributed by atoms with Gasteiger partial charge in [-0.2, -0.15) is 0 Å². The molecular weight excluding hydrogens is 288 g/mol. The van der Waals surface area contributed by atoms with E-state index in [4.69, 9.17) is 0 Å². The van der Waals surface area contributed by atoms with E-state index in [9.17, 15) is 4.79 Å². The van der Waals surface area contributed by atoms with Crippen LogP contribution >= 0.6 is 0 Å². The number of rotatable bonds is 3. The van der Waals surface area contributed by atoms with E-state index in [1.807, 2.05) is 31.1 Å². The minimum atomic E-state index is 0.0658. The first-order valence-corrected chi connectivity index (χ1v) is 8.20. The van der Waals surface area contributed by atoms with Crippen LogP contribution in [-0.4, -0.2) is 46.5 Å². The van der Waals surface area contributed by atoms with Gasteiger partial charge in [0.2, 0.25) is 11.9 Å². The summed E-state index contributed by atoms with van der Waals surface area (Å²) >= 11 is 0. The van der Waals surface area contributed by atoms with Crippen LogP contribution < -0.4 is 4.90 Å². The average molecular weight is 312 g/mol. The monoisotopic (exact) mass is 312 g/mol. The predicted octanol–water partition coefficient (Wildman–Crippen LogP) is 2.49. The number of carbonyl (C=O) groups is 1. The molecule has 3 rings (SSSR count). The van der Waals surface area contributed by atoms with Crippen LogP contribution in [0.1, 0.15) is 19.4 Å². The lowest BCUT2D eigenvalue weighted by molar-refractivity contribution is -0.134. The number of carbonyl (C=O) groups excluding carboxylic acids is 1. The SMILES string of the molecule is Cc1ccc(-n2ccnc2N2CCN(C(=O)C(C)C)CC2)cc1. The average Bonchev–Trinajstić information content (AvgIpc) is 3.04. The Morgan fingerprint density at radius 2 is 1.74 bits per heavy atom. The van der Waals surface area contributed by atoms with Crippen molar-refractivity contribution in [1.29, 1.82) is 0 Å². The second kappa shape index (κ2) is 6.44. The molecular formula is C18H24N4O. The first-order valence-electron chi connectivity index (χ1n) is 8.20. The van der Waals surface area contributed by atoms with Crippen LogP contribution in [0.25, 0.3) is 5.69 Å². The minimum Gasteiger partial charge on any atom is -0.339 e. The number of nitrogens with zero attached hydrogens (tertiary/aromatic N) is 4. The second-order valence-corrected chi connectivity index (χ2v) is 6.40. The van der Waals surface area contributed by atoms with E-state index in [1.54, 1.807) is 0 Å². The number of aromatic nitrogens is 2. The zero-order valence-corrected chi connectivity index (χ0v) is 14.1. The molecule has 1 aromatic heterocycles. The van der Waals surface area contributed by atoms with Gasteiger partial charge in [-0.1, -0.05) is 31.5 Å². The molecule has 2 heterocycles. The van der Waals surface area contributed by atoms with Crippen LogP contribution in [-0.2, 0) is 4.79 Å². The van der Waals surface area contributed by atoms with Gasteiger partial charge in [-0.05, 0) is 19.1 Å². The number of imidazole rings is 1. The molecule has 0 aliphatic carbocycles. The molecule has 0 N–H and O–H groups in total. The number of benzene rings is 1. The van der Waals surface area contributed by atoms with Crippen molar-refractivity contribution < 1.29 is 4.79 Å². The number of anilines is 1. The van der Waals surface area contributed by atoms with Gasteiger partial charge in [-0.15, -0.1) is 0 Å². The number of amides is 1. The molecule has 5 nitrogen and oxygen atoms in total. The van der Waals surface area contributed by atoms with Crippen molar-refractivity contribution in [3.05, 3.63) is 42.2 Å². The molecule has 1 aliphatic heterocycles. The van der Waals surface area contributed by atoms with Gasteiger partial charge < -0.3 is 9.80 Å². The topological polar surface area (TPSA) is 41.4 Å². The molecule has 122 valence electrons. The minimum absolute atomic E-state index is 0.0658. The van der Waals surface area contributed by atoms with Crippen molar-refractivity contribution >= 4 is 11.9 Å². The standard InChI is InChI=1S/C18H24N4O/c1-14(2)17(23)20-10-12-21(13-11-20)18-19-8-9-22(18)16-6-4-15(3)5-7-16/h4-9,14H,10-13H2,1-3H3. The van der Waals surface area contributed by atoms with Gasteiger partial charge in [0, 0.05) is 50.2 Å². The Bertz CT molecular complexity index is 667. The van der Waals surface area contributed by atoms with E-state index in [1.165, 1.54) is 5.56 Å². The van der Waals surface area contributed by atoms with E-state index >= 15 is 0 Å². The molecule has 0 spiro atoms. The third kappa shape index (κ3) is 3.23. The van der Waals surface area contributed by atoms with Gasteiger partial charge in [-0.25, -0.2) is 4.98 Å². The van der Waals surface area contributed by atoms with Crippen molar-refractivity contribution in [2.45, 2.75) is 20.8 Å². The molecule has 1 aliphatic rings. The molecule has 0 unspecified atom stereocenters. The molecule has 0 bridgehead atoms. The van der Waals surface area contributed by atoms with E-state index < -0.39 is 0 Å². The van der Waals surface area contributed by atoms with Crippen molar-refractivity contribution in [2.75, 3.05) is 31.1 Å². The fourth-order valence-electron chi connectivity index (χ4n) is 2.93. The maximum absolute atomic E-state index is 12.1. The summed E-state index contributed by atoms with van der Waals surface area (Å²) in [5.41, 5.74) is 2.36. The normalized spacial score (nSPS) is 15.3. The molecule has 23 heavy (non-hydrogen) atoms. The summed E-state index contributed by atoms with van der Waals surface area (Å²) in [5.74, 6) is 1.26. The van der Waals surface area contributed by atoms with Gasteiger partial charge in [0.1, 0.15) is 0 Å². The molecule has 1 saturated heterocycles. The van der Waals surface area contributed by atoms with Crippen LogP contribution in [0.5, 0.6) is 0 Å². The van der Waals surface area contributed by atoms with Crippen molar-refractivity contribution in [3.8, 4) is 5.69 Å². The summed E-state index contributed by atoms with van der Waals surface area (Å²) in [4.78, 5) is 20.8. The number of hydrogen-bond donors (Lipinski definition) is 0. The highest BCUT2D eigenvalue weighted by molar-refractivity contribution is 5.78. The summed E-state index contributed by atoms with van der Waals surface area (Å²) in [6.45, 7) is 9.17. The first kappa shape index (κ1) is 15.6. The lowest BCUT2D eigenvalue weighted by Gasteiger charge is -2.36. The Labute approximate surface area is 137 Å². The molecule has 0 saturated carbocycles. The first-order chi connectivity index (χ1) is 11.1. The highest BCUT2D eigenvalue weighted by Gasteiger charge is 2.24. The van der Waals surface area contributed by atoms with Crippen LogP contribution in [0.3, 0.4) is 0 Å². The Morgan fingerprint density at radius 1 is 1.09 bits per heavy atom. The summed E-state index contributed by atoms with van der Waals surface area (Å²) in [7, 11) is 0. The zero-order valence-electron chi connectivity index (χ0n) is 14.1. The van der Waals surface area contributed by atoms with Gasteiger partial charge >= 0.3 is 0 Å².